The van der Waals surface area contributed by atoms with Gasteiger partial charge in [0, 0.05) is 29.3 Å². The molecule has 1 N–H and O–H groups in total. The van der Waals surface area contributed by atoms with Gasteiger partial charge >= 0.3 is 0 Å². The lowest BCUT2D eigenvalue weighted by Gasteiger charge is -2.16. The normalized spacial score (nSPS) is 14.4. The van der Waals surface area contributed by atoms with Gasteiger partial charge in [-0.05, 0) is 58.5 Å². The van der Waals surface area contributed by atoms with Crippen molar-refractivity contribution in [2.45, 2.75) is 20.0 Å². The third kappa shape index (κ3) is 2.91. The van der Waals surface area contributed by atoms with Crippen molar-refractivity contribution in [3.63, 3.8) is 0 Å². The molecule has 2 aromatic carbocycles. The Kier molecular flexibility index (Phi) is 4.28. The molecule has 0 bridgehead atoms. The number of H-pyrrole nitrogens is 1. The van der Waals surface area contributed by atoms with Gasteiger partial charge in [0.2, 0.25) is 5.88 Å². The zero-order valence-electron chi connectivity index (χ0n) is 16.3. The molecule has 0 unspecified atom stereocenters. The van der Waals surface area contributed by atoms with Crippen LogP contribution in [-0.4, -0.2) is 20.1 Å². The number of hydrogen-bond acceptors (Lipinski definition) is 5. The fourth-order valence-electron chi connectivity index (χ4n) is 4.03. The van der Waals surface area contributed by atoms with Crippen molar-refractivity contribution in [3.05, 3.63) is 93.3 Å². The van der Waals surface area contributed by atoms with Crippen molar-refractivity contribution < 1.29 is 9.66 Å². The van der Waals surface area contributed by atoms with Gasteiger partial charge in [-0.3, -0.25) is 15.2 Å². The predicted octanol–water partition coefficient (Wildman–Crippen LogP) is 5.13. The van der Waals surface area contributed by atoms with E-state index in [-0.39, 0.29) is 10.6 Å². The smallest absolute Gasteiger partial charge is 0.270 e. The summed E-state index contributed by atoms with van der Waals surface area (Å²) < 4.78 is 6.04. The number of nitrogens with zero attached hydrogens (tertiary/aromatic N) is 3. The molecule has 0 atom stereocenters. The summed E-state index contributed by atoms with van der Waals surface area (Å²) in [6.07, 6.45) is 4.19. The van der Waals surface area contributed by atoms with Crippen molar-refractivity contribution in [1.29, 1.82) is 0 Å². The summed E-state index contributed by atoms with van der Waals surface area (Å²) in [5.41, 5.74) is 6.72. The maximum Gasteiger partial charge on any atom is 0.270 e. The molecule has 0 radical (unpaired) electrons. The molecular formula is C23H18N4O3. The van der Waals surface area contributed by atoms with E-state index in [9.17, 15) is 10.1 Å². The third-order valence-electron chi connectivity index (χ3n) is 5.40. The highest BCUT2D eigenvalue weighted by Crippen LogP contribution is 2.42. The third-order valence-corrected chi connectivity index (χ3v) is 5.40. The number of non-ortho nitro benzene ring substituents is 1. The first kappa shape index (κ1) is 18.1. The van der Waals surface area contributed by atoms with Crippen LogP contribution in [-0.2, 0) is 6.61 Å². The summed E-state index contributed by atoms with van der Waals surface area (Å²) in [6.45, 7) is 2.43. The van der Waals surface area contributed by atoms with Crippen molar-refractivity contribution in [1.82, 2.24) is 15.2 Å². The molecule has 2 aromatic heterocycles. The Morgan fingerprint density at radius 1 is 1.20 bits per heavy atom. The molecule has 0 fully saturated rings. The van der Waals surface area contributed by atoms with Gasteiger partial charge in [0.15, 0.2) is 0 Å². The van der Waals surface area contributed by atoms with Crippen LogP contribution >= 0.6 is 0 Å². The van der Waals surface area contributed by atoms with Crippen LogP contribution < -0.4 is 4.74 Å². The average Bonchev–Trinajstić information content (AvgIpc) is 3.17. The molecule has 4 aromatic rings. The largest absolute Gasteiger partial charge is 0.472 e. The van der Waals surface area contributed by atoms with E-state index in [0.717, 1.165) is 44.3 Å². The molecule has 0 saturated carbocycles. The minimum atomic E-state index is -0.365. The summed E-state index contributed by atoms with van der Waals surface area (Å²) in [7, 11) is 0. The van der Waals surface area contributed by atoms with Gasteiger partial charge in [0.05, 0.1) is 16.6 Å². The summed E-state index contributed by atoms with van der Waals surface area (Å²) in [5, 5.41) is 19.5. The van der Waals surface area contributed by atoms with Crippen LogP contribution in [0.5, 0.6) is 5.88 Å². The number of ether oxygens (including phenoxy) is 1. The van der Waals surface area contributed by atoms with Crippen LogP contribution in [0.25, 0.3) is 22.0 Å². The van der Waals surface area contributed by atoms with Gasteiger partial charge in [0.25, 0.3) is 5.69 Å². The first-order valence-corrected chi connectivity index (χ1v) is 9.68. The van der Waals surface area contributed by atoms with Crippen LogP contribution in [0.1, 0.15) is 35.6 Å². The van der Waals surface area contributed by atoms with Crippen molar-refractivity contribution in [3.8, 4) is 5.88 Å². The fourth-order valence-corrected chi connectivity index (χ4v) is 4.03. The Morgan fingerprint density at radius 2 is 2.10 bits per heavy atom. The van der Waals surface area contributed by atoms with E-state index in [1.54, 1.807) is 24.5 Å². The Morgan fingerprint density at radius 3 is 2.93 bits per heavy atom. The second kappa shape index (κ2) is 7.11. The lowest BCUT2D eigenvalue weighted by atomic mass is 9.86. The zero-order chi connectivity index (χ0) is 20.7. The number of allylic oxidation sites excluding steroid dienone is 1. The molecule has 0 spiro atoms. The first-order valence-electron chi connectivity index (χ1n) is 9.68. The molecule has 0 amide bonds. The molecule has 3 heterocycles. The molecule has 30 heavy (non-hydrogen) atoms. The van der Waals surface area contributed by atoms with Gasteiger partial charge in [-0.2, -0.15) is 5.10 Å². The summed E-state index contributed by atoms with van der Waals surface area (Å²) in [5.74, 6) is 0.557. The van der Waals surface area contributed by atoms with Crippen LogP contribution in [0.15, 0.2) is 60.9 Å². The molecule has 0 saturated heterocycles. The molecule has 0 aliphatic carbocycles. The van der Waals surface area contributed by atoms with Crippen molar-refractivity contribution >= 4 is 27.7 Å². The summed E-state index contributed by atoms with van der Waals surface area (Å²) in [6, 6.07) is 14.8. The van der Waals surface area contributed by atoms with Crippen molar-refractivity contribution in [2.75, 3.05) is 0 Å². The fraction of sp³-hybridized carbons (Fsp3) is 0.130. The van der Waals surface area contributed by atoms with E-state index in [2.05, 4.69) is 28.2 Å². The molecule has 148 valence electrons. The number of hydrogen-bond donors (Lipinski definition) is 1. The molecular weight excluding hydrogens is 380 g/mol. The Labute approximate surface area is 172 Å². The zero-order valence-corrected chi connectivity index (χ0v) is 16.3. The van der Waals surface area contributed by atoms with Crippen LogP contribution in [0.4, 0.5) is 5.69 Å². The van der Waals surface area contributed by atoms with Crippen LogP contribution in [0.2, 0.25) is 0 Å². The Hall–Kier alpha value is -4.00. The minimum Gasteiger partial charge on any atom is -0.472 e. The summed E-state index contributed by atoms with van der Waals surface area (Å²) in [4.78, 5) is 15.4. The van der Waals surface area contributed by atoms with Gasteiger partial charge < -0.3 is 4.74 Å². The van der Waals surface area contributed by atoms with E-state index >= 15 is 0 Å². The van der Waals surface area contributed by atoms with Gasteiger partial charge in [-0.25, -0.2) is 4.98 Å². The standard InChI is InChI=1S/C23H18N4O3/c1-2-18(14-5-3-6-17(9-14)27(28)29)22-19-7-4-8-24-23(19)30-13-16-11-21-15(10-20(16)22)12-25-26-21/h3-12H,2,13H2,1H3,(H,25,26)/b22-18+. The highest BCUT2D eigenvalue weighted by atomic mass is 16.6. The molecule has 7 nitrogen and oxygen atoms in total. The number of benzene rings is 2. The van der Waals surface area contributed by atoms with Crippen LogP contribution in [0, 0.1) is 10.1 Å². The number of nitro groups is 1. The number of nitrogens with one attached hydrogen (secondary N) is 1. The number of pyridine rings is 1. The Bertz CT molecular complexity index is 1320. The second-order valence-corrected chi connectivity index (χ2v) is 7.13. The van der Waals surface area contributed by atoms with E-state index in [1.807, 2.05) is 24.3 Å². The van der Waals surface area contributed by atoms with Gasteiger partial charge in [-0.1, -0.05) is 19.1 Å². The van der Waals surface area contributed by atoms with Crippen molar-refractivity contribution in [2.24, 2.45) is 0 Å². The number of fused-ring (bicyclic) bond motifs is 3. The maximum absolute atomic E-state index is 11.4. The number of aromatic amines is 1. The van der Waals surface area contributed by atoms with E-state index in [0.29, 0.717) is 18.9 Å². The predicted molar refractivity (Wildman–Crippen MR) is 114 cm³/mol. The first-order chi connectivity index (χ1) is 14.7. The monoisotopic (exact) mass is 398 g/mol. The number of nitro benzene ring substituents is 1. The number of rotatable bonds is 3. The van der Waals surface area contributed by atoms with E-state index < -0.39 is 0 Å². The quantitative estimate of drug-likeness (QED) is 0.381. The summed E-state index contributed by atoms with van der Waals surface area (Å²) >= 11 is 0. The van der Waals surface area contributed by atoms with Crippen LogP contribution in [0.3, 0.4) is 0 Å². The van der Waals surface area contributed by atoms with Gasteiger partial charge in [0.1, 0.15) is 6.61 Å². The SMILES string of the molecule is CC/C(=C1\c2cc3cn[nH]c3cc2COc2ncccc21)c1cccc([N+](=O)[O-])c1. The van der Waals surface area contributed by atoms with E-state index in [1.165, 1.54) is 6.07 Å². The highest BCUT2D eigenvalue weighted by Gasteiger charge is 2.24. The maximum atomic E-state index is 11.4. The highest BCUT2D eigenvalue weighted by molar-refractivity contribution is 6.02. The molecule has 5 rings (SSSR count). The molecule has 1 aliphatic rings. The minimum absolute atomic E-state index is 0.0702. The topological polar surface area (TPSA) is 93.9 Å². The number of aromatic nitrogens is 3. The average molecular weight is 398 g/mol. The lowest BCUT2D eigenvalue weighted by Crippen LogP contribution is -1.98. The lowest BCUT2D eigenvalue weighted by molar-refractivity contribution is -0.384. The molecule has 7 heteroatoms. The molecule has 1 aliphatic heterocycles. The van der Waals surface area contributed by atoms with Gasteiger partial charge in [-0.15, -0.1) is 0 Å². The Balaban J connectivity index is 1.86. The van der Waals surface area contributed by atoms with E-state index in [4.69, 9.17) is 4.74 Å². The second-order valence-electron chi connectivity index (χ2n) is 7.13.